The van der Waals surface area contributed by atoms with Gasteiger partial charge in [-0.25, -0.2) is 14.4 Å². The summed E-state index contributed by atoms with van der Waals surface area (Å²) in [6.07, 6.45) is 1.68. The van der Waals surface area contributed by atoms with Crippen molar-refractivity contribution in [3.63, 3.8) is 0 Å². The molecular weight excluding hydrogens is 522 g/mol. The minimum atomic E-state index is -0.359. The smallest absolute Gasteiger partial charge is 0.191 e. The van der Waals surface area contributed by atoms with Gasteiger partial charge in [0, 0.05) is 38.9 Å². The molecule has 0 amide bonds. The predicted molar refractivity (Wildman–Crippen MR) is 139 cm³/mol. The Bertz CT molecular complexity index is 843. The lowest BCUT2D eigenvalue weighted by Crippen LogP contribution is -2.44. The molecule has 2 heterocycles. The first kappa shape index (κ1) is 26.1. The van der Waals surface area contributed by atoms with E-state index in [1.165, 1.54) is 6.07 Å². The molecule has 1 atom stereocenters. The molecule has 3 rings (SSSR count). The maximum Gasteiger partial charge on any atom is 0.191 e. The van der Waals surface area contributed by atoms with Gasteiger partial charge in [0.05, 0.1) is 13.1 Å². The Balaban J connectivity index is 0.00000363. The van der Waals surface area contributed by atoms with Crippen LogP contribution in [0.1, 0.15) is 19.4 Å². The number of rotatable bonds is 8. The van der Waals surface area contributed by atoms with Crippen LogP contribution in [0.4, 0.5) is 10.2 Å². The second kappa shape index (κ2) is 13.4. The first-order valence-electron chi connectivity index (χ1n) is 10.9. The van der Waals surface area contributed by atoms with Gasteiger partial charge in [-0.3, -0.25) is 0 Å². The fraction of sp³-hybridized carbons (Fsp3) is 0.478. The van der Waals surface area contributed by atoms with Crippen LogP contribution < -0.4 is 20.3 Å². The van der Waals surface area contributed by atoms with Gasteiger partial charge in [0.2, 0.25) is 0 Å². The summed E-state index contributed by atoms with van der Waals surface area (Å²) in [6, 6.07) is 10.6. The fourth-order valence-electron chi connectivity index (χ4n) is 3.28. The minimum Gasteiger partial charge on any atom is -0.486 e. The number of anilines is 1. The summed E-state index contributed by atoms with van der Waals surface area (Å²) >= 11 is 0. The quantitative estimate of drug-likeness (QED) is 0.296. The summed E-state index contributed by atoms with van der Waals surface area (Å²) in [5.74, 6) is 1.60. The molecule has 0 saturated carbocycles. The number of pyridine rings is 1. The molecule has 7 nitrogen and oxygen atoms in total. The average Bonchev–Trinajstić information content (AvgIpc) is 2.78. The number of guanidine groups is 1. The maximum absolute atomic E-state index is 13.7. The number of hydrogen-bond donors (Lipinski definition) is 2. The van der Waals surface area contributed by atoms with Crippen LogP contribution in [-0.2, 0) is 6.54 Å². The Morgan fingerprint density at radius 3 is 2.56 bits per heavy atom. The highest BCUT2D eigenvalue weighted by Crippen LogP contribution is 2.17. The third-order valence-corrected chi connectivity index (χ3v) is 5.12. The zero-order valence-corrected chi connectivity index (χ0v) is 21.4. The Morgan fingerprint density at radius 2 is 1.91 bits per heavy atom. The molecule has 32 heavy (non-hydrogen) atoms. The maximum atomic E-state index is 13.7. The van der Waals surface area contributed by atoms with E-state index in [1.54, 1.807) is 18.2 Å². The van der Waals surface area contributed by atoms with Crippen LogP contribution in [-0.4, -0.2) is 68.3 Å². The number of nitrogens with zero attached hydrogens (tertiary/aromatic N) is 4. The van der Waals surface area contributed by atoms with Gasteiger partial charge in [0.15, 0.2) is 17.5 Å². The van der Waals surface area contributed by atoms with Crippen LogP contribution in [0.2, 0.25) is 0 Å². The Kier molecular flexibility index (Phi) is 10.9. The van der Waals surface area contributed by atoms with Crippen molar-refractivity contribution in [1.29, 1.82) is 0 Å². The van der Waals surface area contributed by atoms with Crippen LogP contribution in [0.15, 0.2) is 47.6 Å². The van der Waals surface area contributed by atoms with Crippen LogP contribution in [0, 0.1) is 5.82 Å². The molecule has 1 aromatic heterocycles. The number of piperazine rings is 1. The number of hydrogen-bond acceptors (Lipinski definition) is 5. The highest BCUT2D eigenvalue weighted by atomic mass is 127. The Morgan fingerprint density at radius 1 is 1.16 bits per heavy atom. The first-order chi connectivity index (χ1) is 15.0. The minimum absolute atomic E-state index is 0. The molecule has 0 spiro atoms. The van der Waals surface area contributed by atoms with E-state index in [4.69, 9.17) is 4.74 Å². The summed E-state index contributed by atoms with van der Waals surface area (Å²) in [7, 11) is 2.15. The van der Waals surface area contributed by atoms with Gasteiger partial charge in [-0.05, 0) is 44.7 Å². The Labute approximate surface area is 207 Å². The number of benzene rings is 1. The van der Waals surface area contributed by atoms with Crippen LogP contribution >= 0.6 is 24.0 Å². The van der Waals surface area contributed by atoms with Gasteiger partial charge in [0.25, 0.3) is 0 Å². The molecule has 1 unspecified atom stereocenters. The molecule has 1 aromatic carbocycles. The molecule has 2 aromatic rings. The van der Waals surface area contributed by atoms with Gasteiger partial charge >= 0.3 is 0 Å². The number of nitrogens with one attached hydrogen (secondary N) is 2. The average molecular weight is 556 g/mol. The number of aromatic nitrogens is 1. The molecular formula is C23H34FIN6O. The van der Waals surface area contributed by atoms with E-state index in [9.17, 15) is 4.39 Å². The molecule has 1 aliphatic rings. The molecule has 0 radical (unpaired) electrons. The van der Waals surface area contributed by atoms with E-state index in [-0.39, 0.29) is 41.6 Å². The van der Waals surface area contributed by atoms with Crippen molar-refractivity contribution in [2.45, 2.75) is 26.5 Å². The van der Waals surface area contributed by atoms with Gasteiger partial charge in [-0.15, -0.1) is 24.0 Å². The summed E-state index contributed by atoms with van der Waals surface area (Å²) in [6.45, 7) is 9.80. The van der Waals surface area contributed by atoms with E-state index in [0.29, 0.717) is 19.0 Å². The number of aliphatic imine (C=N–C) groups is 1. The lowest BCUT2D eigenvalue weighted by Gasteiger charge is -2.33. The van der Waals surface area contributed by atoms with E-state index < -0.39 is 0 Å². The number of halogens is 2. The second-order valence-corrected chi connectivity index (χ2v) is 7.75. The molecule has 176 valence electrons. The third-order valence-electron chi connectivity index (χ3n) is 5.12. The highest BCUT2D eigenvalue weighted by molar-refractivity contribution is 14.0. The van der Waals surface area contributed by atoms with E-state index in [1.807, 2.05) is 20.0 Å². The molecule has 2 N–H and O–H groups in total. The van der Waals surface area contributed by atoms with Crippen LogP contribution in [0.3, 0.4) is 0 Å². The zero-order chi connectivity index (χ0) is 22.1. The van der Waals surface area contributed by atoms with Gasteiger partial charge in [0.1, 0.15) is 11.9 Å². The topological polar surface area (TPSA) is 65.0 Å². The van der Waals surface area contributed by atoms with Crippen LogP contribution in [0.5, 0.6) is 5.75 Å². The van der Waals surface area contributed by atoms with Gasteiger partial charge in [-0.2, -0.15) is 0 Å². The summed E-state index contributed by atoms with van der Waals surface area (Å²) in [5.41, 5.74) is 1.05. The standard InChI is InChI=1S/C23H33FN6O.HI/c1-4-25-23(27-15-18(2)31-21-8-6-5-7-20(21)24)28-17-19-9-10-22(26-16-19)30-13-11-29(3)12-14-30;/h5-10,16,18H,4,11-15,17H2,1-3H3,(H2,25,27,28);1H. The molecule has 9 heteroatoms. The molecule has 1 fully saturated rings. The highest BCUT2D eigenvalue weighted by Gasteiger charge is 2.15. The normalized spacial score (nSPS) is 15.6. The van der Waals surface area contributed by atoms with Gasteiger partial charge in [-0.1, -0.05) is 18.2 Å². The van der Waals surface area contributed by atoms with Gasteiger partial charge < -0.3 is 25.2 Å². The van der Waals surface area contributed by atoms with E-state index in [2.05, 4.69) is 49.6 Å². The van der Waals surface area contributed by atoms with Crippen molar-refractivity contribution in [3.05, 3.63) is 54.0 Å². The van der Waals surface area contributed by atoms with Crippen molar-refractivity contribution in [3.8, 4) is 5.75 Å². The first-order valence-corrected chi connectivity index (χ1v) is 10.9. The summed E-state index contributed by atoms with van der Waals surface area (Å²) in [5, 5.41) is 6.48. The monoisotopic (exact) mass is 556 g/mol. The van der Waals surface area contributed by atoms with Crippen LogP contribution in [0.25, 0.3) is 0 Å². The second-order valence-electron chi connectivity index (χ2n) is 7.75. The summed E-state index contributed by atoms with van der Waals surface area (Å²) < 4.78 is 19.4. The molecule has 0 bridgehead atoms. The number of likely N-dealkylation sites (N-methyl/N-ethyl adjacent to an activating group) is 1. The van der Waals surface area contributed by atoms with Crippen molar-refractivity contribution in [2.24, 2.45) is 4.99 Å². The third kappa shape index (κ3) is 8.09. The van der Waals surface area contributed by atoms with Crippen molar-refractivity contribution in [2.75, 3.05) is 51.2 Å². The fourth-order valence-corrected chi connectivity index (χ4v) is 3.28. The number of para-hydroxylation sites is 1. The van der Waals surface area contributed by atoms with Crippen molar-refractivity contribution in [1.82, 2.24) is 20.5 Å². The molecule has 1 aliphatic heterocycles. The zero-order valence-electron chi connectivity index (χ0n) is 19.1. The largest absolute Gasteiger partial charge is 0.486 e. The number of ether oxygens (including phenoxy) is 1. The van der Waals surface area contributed by atoms with Crippen molar-refractivity contribution < 1.29 is 9.13 Å². The van der Waals surface area contributed by atoms with E-state index >= 15 is 0 Å². The molecule has 1 saturated heterocycles. The Hall–Kier alpha value is -2.14. The van der Waals surface area contributed by atoms with E-state index in [0.717, 1.165) is 44.1 Å². The lowest BCUT2D eigenvalue weighted by atomic mass is 10.2. The predicted octanol–water partition coefficient (Wildman–Crippen LogP) is 3.11. The lowest BCUT2D eigenvalue weighted by molar-refractivity contribution is 0.214. The molecule has 0 aliphatic carbocycles. The van der Waals surface area contributed by atoms with Crippen molar-refractivity contribution >= 4 is 35.8 Å². The summed E-state index contributed by atoms with van der Waals surface area (Å²) in [4.78, 5) is 13.9. The SMILES string of the molecule is CCNC(=NCc1ccc(N2CCN(C)CC2)nc1)NCC(C)Oc1ccccc1F.I.